The molecule has 1 heterocycles. The third kappa shape index (κ3) is 2.48. The van der Waals surface area contributed by atoms with Crippen molar-refractivity contribution in [2.45, 2.75) is 26.8 Å². The fourth-order valence-corrected chi connectivity index (χ4v) is 2.81. The van der Waals surface area contributed by atoms with Gasteiger partial charge in [0.15, 0.2) is 0 Å². The number of carbonyl (C=O) groups excluding carboxylic acids is 3. The standard InChI is InChI=1S/C19H17NO4/c1-11-7-6-8-12(2)16(11)24-19(23)13(3)20-17(21)14-9-4-5-10-15(14)18(20)22/h4-10,13H,1-3H3/t13-/m0/s1. The monoisotopic (exact) mass is 323 g/mol. The number of carbonyl (C=O) groups is 3. The molecule has 2 aromatic rings. The molecule has 3 rings (SSSR count). The van der Waals surface area contributed by atoms with Crippen LogP contribution < -0.4 is 4.74 Å². The number of ether oxygens (including phenoxy) is 1. The quantitative estimate of drug-likeness (QED) is 0.495. The van der Waals surface area contributed by atoms with Gasteiger partial charge in [0, 0.05) is 0 Å². The molecule has 0 aromatic heterocycles. The van der Waals surface area contributed by atoms with Gasteiger partial charge in [0.2, 0.25) is 0 Å². The molecule has 5 heteroatoms. The van der Waals surface area contributed by atoms with Crippen molar-refractivity contribution in [1.29, 1.82) is 0 Å². The molecular weight excluding hydrogens is 306 g/mol. The van der Waals surface area contributed by atoms with Gasteiger partial charge in [-0.2, -0.15) is 0 Å². The van der Waals surface area contributed by atoms with Crippen LogP contribution in [-0.2, 0) is 4.79 Å². The van der Waals surface area contributed by atoms with Crippen LogP contribution in [-0.4, -0.2) is 28.7 Å². The Morgan fingerprint density at radius 3 is 1.92 bits per heavy atom. The molecule has 1 aliphatic heterocycles. The van der Waals surface area contributed by atoms with E-state index in [0.29, 0.717) is 16.9 Å². The zero-order valence-corrected chi connectivity index (χ0v) is 13.7. The van der Waals surface area contributed by atoms with Crippen LogP contribution in [0.1, 0.15) is 38.8 Å². The highest BCUT2D eigenvalue weighted by atomic mass is 16.5. The molecular formula is C19H17NO4. The highest BCUT2D eigenvalue weighted by molar-refractivity contribution is 6.22. The molecule has 0 saturated heterocycles. The third-order valence-electron chi connectivity index (χ3n) is 4.17. The van der Waals surface area contributed by atoms with E-state index in [1.807, 2.05) is 32.0 Å². The summed E-state index contributed by atoms with van der Waals surface area (Å²) < 4.78 is 5.46. The van der Waals surface area contributed by atoms with E-state index >= 15 is 0 Å². The molecule has 0 unspecified atom stereocenters. The Balaban J connectivity index is 1.85. The van der Waals surface area contributed by atoms with Crippen LogP contribution in [0.25, 0.3) is 0 Å². The highest BCUT2D eigenvalue weighted by Crippen LogP contribution is 2.27. The minimum absolute atomic E-state index is 0.314. The van der Waals surface area contributed by atoms with Crippen molar-refractivity contribution in [3.8, 4) is 5.75 Å². The maximum atomic E-state index is 12.5. The summed E-state index contributed by atoms with van der Waals surface area (Å²) in [6.45, 7) is 5.17. The summed E-state index contributed by atoms with van der Waals surface area (Å²) in [5, 5.41) is 0. The fraction of sp³-hybridized carbons (Fsp3) is 0.211. The Morgan fingerprint density at radius 1 is 0.917 bits per heavy atom. The molecule has 1 atom stereocenters. The third-order valence-corrected chi connectivity index (χ3v) is 4.17. The Morgan fingerprint density at radius 2 is 1.42 bits per heavy atom. The zero-order chi connectivity index (χ0) is 17.4. The first-order chi connectivity index (χ1) is 11.4. The Labute approximate surface area is 139 Å². The van der Waals surface area contributed by atoms with E-state index in [-0.39, 0.29) is 0 Å². The lowest BCUT2D eigenvalue weighted by Gasteiger charge is -2.21. The number of amides is 2. The lowest BCUT2D eigenvalue weighted by Crippen LogP contribution is -2.44. The number of imide groups is 1. The van der Waals surface area contributed by atoms with E-state index in [1.165, 1.54) is 6.92 Å². The van der Waals surface area contributed by atoms with Crippen LogP contribution in [0.5, 0.6) is 5.75 Å². The number of aryl methyl sites for hydroxylation is 2. The van der Waals surface area contributed by atoms with Crippen LogP contribution in [0.15, 0.2) is 42.5 Å². The van der Waals surface area contributed by atoms with Crippen molar-refractivity contribution in [2.24, 2.45) is 0 Å². The molecule has 0 N–H and O–H groups in total. The molecule has 0 saturated carbocycles. The second-order valence-electron chi connectivity index (χ2n) is 5.84. The lowest BCUT2D eigenvalue weighted by molar-refractivity contribution is -0.138. The van der Waals surface area contributed by atoms with Crippen molar-refractivity contribution in [3.05, 3.63) is 64.7 Å². The predicted molar refractivity (Wildman–Crippen MR) is 88.0 cm³/mol. The zero-order valence-electron chi connectivity index (χ0n) is 13.7. The van der Waals surface area contributed by atoms with Crippen LogP contribution >= 0.6 is 0 Å². The number of nitrogens with zero attached hydrogens (tertiary/aromatic N) is 1. The maximum absolute atomic E-state index is 12.5. The number of hydrogen-bond donors (Lipinski definition) is 0. The summed E-state index contributed by atoms with van der Waals surface area (Å²) >= 11 is 0. The van der Waals surface area contributed by atoms with Gasteiger partial charge in [0.1, 0.15) is 11.8 Å². The maximum Gasteiger partial charge on any atom is 0.334 e. The number of benzene rings is 2. The summed E-state index contributed by atoms with van der Waals surface area (Å²) in [6.07, 6.45) is 0. The molecule has 0 aliphatic carbocycles. The fourth-order valence-electron chi connectivity index (χ4n) is 2.81. The Hall–Kier alpha value is -2.95. The van der Waals surface area contributed by atoms with E-state index < -0.39 is 23.8 Å². The normalized spacial score (nSPS) is 14.5. The molecule has 5 nitrogen and oxygen atoms in total. The van der Waals surface area contributed by atoms with Gasteiger partial charge < -0.3 is 4.74 Å². The van der Waals surface area contributed by atoms with Crippen LogP contribution in [0.3, 0.4) is 0 Å². The average molecular weight is 323 g/mol. The minimum atomic E-state index is -1.00. The molecule has 1 aliphatic rings. The van der Waals surface area contributed by atoms with Crippen LogP contribution in [0.2, 0.25) is 0 Å². The van der Waals surface area contributed by atoms with Crippen LogP contribution in [0, 0.1) is 13.8 Å². The van der Waals surface area contributed by atoms with Gasteiger partial charge in [-0.15, -0.1) is 0 Å². The number of fused-ring (bicyclic) bond motifs is 1. The Kier molecular flexibility index (Phi) is 3.93. The van der Waals surface area contributed by atoms with Gasteiger partial charge in [-0.3, -0.25) is 14.5 Å². The summed E-state index contributed by atoms with van der Waals surface area (Å²) in [5.41, 5.74) is 2.26. The first kappa shape index (κ1) is 15.9. The number of para-hydroxylation sites is 1. The summed E-state index contributed by atoms with van der Waals surface area (Å²) in [7, 11) is 0. The molecule has 0 radical (unpaired) electrons. The predicted octanol–water partition coefficient (Wildman–Crippen LogP) is 2.89. The topological polar surface area (TPSA) is 63.7 Å². The summed E-state index contributed by atoms with van der Waals surface area (Å²) in [4.78, 5) is 38.3. The molecule has 122 valence electrons. The van der Waals surface area contributed by atoms with Crippen molar-refractivity contribution in [2.75, 3.05) is 0 Å². The first-order valence-electron chi connectivity index (χ1n) is 7.66. The van der Waals surface area contributed by atoms with E-state index in [4.69, 9.17) is 4.74 Å². The van der Waals surface area contributed by atoms with E-state index in [9.17, 15) is 14.4 Å². The van der Waals surface area contributed by atoms with Gasteiger partial charge in [0.05, 0.1) is 11.1 Å². The van der Waals surface area contributed by atoms with Crippen molar-refractivity contribution in [3.63, 3.8) is 0 Å². The highest BCUT2D eigenvalue weighted by Gasteiger charge is 2.41. The summed E-state index contributed by atoms with van der Waals surface area (Å²) in [6, 6.07) is 11.1. The summed E-state index contributed by atoms with van der Waals surface area (Å²) in [5.74, 6) is -1.11. The van der Waals surface area contributed by atoms with Gasteiger partial charge in [-0.25, -0.2) is 4.79 Å². The average Bonchev–Trinajstić information content (AvgIpc) is 2.82. The van der Waals surface area contributed by atoms with E-state index in [1.54, 1.807) is 24.3 Å². The first-order valence-corrected chi connectivity index (χ1v) is 7.66. The largest absolute Gasteiger partial charge is 0.424 e. The SMILES string of the molecule is Cc1cccc(C)c1OC(=O)[C@H](C)N1C(=O)c2ccccc2C1=O. The van der Waals surface area contributed by atoms with Gasteiger partial charge in [-0.05, 0) is 44.0 Å². The van der Waals surface area contributed by atoms with Crippen molar-refractivity contribution in [1.82, 2.24) is 4.90 Å². The molecule has 0 fully saturated rings. The van der Waals surface area contributed by atoms with Gasteiger partial charge in [0.25, 0.3) is 11.8 Å². The van der Waals surface area contributed by atoms with Gasteiger partial charge >= 0.3 is 5.97 Å². The van der Waals surface area contributed by atoms with Gasteiger partial charge in [-0.1, -0.05) is 30.3 Å². The number of hydrogen-bond acceptors (Lipinski definition) is 4. The molecule has 2 aromatic carbocycles. The second kappa shape index (κ2) is 5.92. The van der Waals surface area contributed by atoms with E-state index in [0.717, 1.165) is 16.0 Å². The molecule has 0 spiro atoms. The van der Waals surface area contributed by atoms with Crippen molar-refractivity contribution >= 4 is 17.8 Å². The van der Waals surface area contributed by atoms with Crippen LogP contribution in [0.4, 0.5) is 0 Å². The number of rotatable bonds is 3. The number of esters is 1. The lowest BCUT2D eigenvalue weighted by atomic mass is 10.1. The molecule has 24 heavy (non-hydrogen) atoms. The second-order valence-corrected chi connectivity index (χ2v) is 5.84. The molecule has 0 bridgehead atoms. The van der Waals surface area contributed by atoms with Crippen molar-refractivity contribution < 1.29 is 19.1 Å². The minimum Gasteiger partial charge on any atom is -0.424 e. The Bertz CT molecular complexity index is 801. The smallest absolute Gasteiger partial charge is 0.334 e. The van der Waals surface area contributed by atoms with E-state index in [2.05, 4.69) is 0 Å². The molecule has 2 amide bonds.